The van der Waals surface area contributed by atoms with E-state index < -0.39 is 39.3 Å². The van der Waals surface area contributed by atoms with Crippen molar-refractivity contribution in [3.05, 3.63) is 36.9 Å². The summed E-state index contributed by atoms with van der Waals surface area (Å²) in [5.41, 5.74) is -1.48. The lowest BCUT2D eigenvalue weighted by Gasteiger charge is -2.28. The van der Waals surface area contributed by atoms with Crippen molar-refractivity contribution in [2.45, 2.75) is 93.5 Å². The fourth-order valence-electron chi connectivity index (χ4n) is 6.26. The van der Waals surface area contributed by atoms with Gasteiger partial charge in [0, 0.05) is 25.3 Å². The molecule has 1 aliphatic heterocycles. The van der Waals surface area contributed by atoms with Crippen molar-refractivity contribution in [3.8, 4) is 0 Å². The molecule has 3 N–H and O–H groups in total. The van der Waals surface area contributed by atoms with E-state index in [2.05, 4.69) is 22.2 Å². The highest BCUT2D eigenvalue weighted by Gasteiger charge is 2.62. The first-order valence-corrected chi connectivity index (χ1v) is 16.8. The first kappa shape index (κ1) is 33.1. The maximum absolute atomic E-state index is 13.7. The molecule has 2 aliphatic carbocycles. The number of benzene rings is 1. The zero-order valence-electron chi connectivity index (χ0n) is 24.9. The number of rotatable bonds is 5. The Morgan fingerprint density at radius 3 is 2.34 bits per heavy atom. The Kier molecular flexibility index (Phi) is 11.1. The third kappa shape index (κ3) is 8.21. The number of carbonyl (C=O) groups excluding carboxylic acids is 5. The van der Waals surface area contributed by atoms with Crippen molar-refractivity contribution in [3.63, 3.8) is 0 Å². The minimum Gasteiger partial charge on any atom is -0.341 e. The number of hydrogen-bond acceptors (Lipinski definition) is 8. The third-order valence-electron chi connectivity index (χ3n) is 8.76. The lowest BCUT2D eigenvalue weighted by atomic mass is 10.0. The molecule has 1 aromatic carbocycles. The molecule has 2 fully saturated rings. The summed E-state index contributed by atoms with van der Waals surface area (Å²) in [5.74, 6) is -2.57. The summed E-state index contributed by atoms with van der Waals surface area (Å²) in [6.45, 7) is 3.81. The number of carbonyl (C=O) groups is 4. The van der Waals surface area contributed by atoms with Gasteiger partial charge in [-0.3, -0.25) is 19.2 Å². The Morgan fingerprint density at radius 1 is 0.977 bits per heavy atom. The highest BCUT2D eigenvalue weighted by atomic mass is 32.2. The Labute approximate surface area is 258 Å². The van der Waals surface area contributed by atoms with Crippen LogP contribution in [0.25, 0.3) is 0 Å². The number of fused-ring (bicyclic) bond motifs is 1. The van der Waals surface area contributed by atoms with Crippen LogP contribution in [0.3, 0.4) is 0 Å². The van der Waals surface area contributed by atoms with Gasteiger partial charge in [-0.1, -0.05) is 50.3 Å². The van der Waals surface area contributed by atoms with E-state index >= 15 is 0 Å². The highest BCUT2D eigenvalue weighted by molar-refractivity contribution is 7.90. The van der Waals surface area contributed by atoms with Crippen molar-refractivity contribution in [2.24, 2.45) is 16.8 Å². The van der Waals surface area contributed by atoms with Crippen molar-refractivity contribution < 1.29 is 32.4 Å². The topological polar surface area (TPSA) is 171 Å². The van der Waals surface area contributed by atoms with Crippen LogP contribution >= 0.6 is 0 Å². The standard InChI is InChI=1S/C31H41N5O7S/c1-2-23-18-31(23,32-21-37)29-30(41)35-44(42,43)25-15-11-10-14-24(25)33-26(38)16-6-4-3-5-7-17-28(40)36(20-27(39)34-29)19-22-12-8-9-13-22/h2,10-11,14-15,22-23,29H,1,3-9,12-13,16-20H2,(H,33,38)(H,34,39)(H,35,41)/t23-,29?,31-/m1/s1. The predicted molar refractivity (Wildman–Crippen MR) is 162 cm³/mol. The number of isocyanates is 1. The molecule has 0 aromatic heterocycles. The van der Waals surface area contributed by atoms with E-state index in [-0.39, 0.29) is 54.1 Å². The zero-order valence-corrected chi connectivity index (χ0v) is 25.7. The molecule has 12 nitrogen and oxygen atoms in total. The molecule has 13 heteroatoms. The second-order valence-corrected chi connectivity index (χ2v) is 13.6. The van der Waals surface area contributed by atoms with Gasteiger partial charge in [-0.05, 0) is 50.2 Å². The normalized spacial score (nSPS) is 27.6. The molecular formula is C31H41N5O7S. The average molecular weight is 628 g/mol. The van der Waals surface area contributed by atoms with E-state index in [0.717, 1.165) is 44.9 Å². The maximum Gasteiger partial charge on any atom is 0.266 e. The minimum atomic E-state index is -4.56. The summed E-state index contributed by atoms with van der Waals surface area (Å²) in [6, 6.07) is 4.11. The van der Waals surface area contributed by atoms with Gasteiger partial charge < -0.3 is 15.5 Å². The van der Waals surface area contributed by atoms with Gasteiger partial charge in [0.2, 0.25) is 23.8 Å². The average Bonchev–Trinajstić information content (AvgIpc) is 3.44. The summed E-state index contributed by atoms with van der Waals surface area (Å²) in [7, 11) is -4.56. The van der Waals surface area contributed by atoms with Gasteiger partial charge in [0.25, 0.3) is 15.9 Å². The summed E-state index contributed by atoms with van der Waals surface area (Å²) in [6.07, 6.45) is 11.2. The van der Waals surface area contributed by atoms with Gasteiger partial charge >= 0.3 is 0 Å². The number of nitrogens with one attached hydrogen (secondary N) is 3. The van der Waals surface area contributed by atoms with Gasteiger partial charge in [0.1, 0.15) is 16.5 Å². The number of aliphatic imine (C=N–C) groups is 1. The molecule has 0 saturated heterocycles. The fraction of sp³-hybridized carbons (Fsp3) is 0.581. The van der Waals surface area contributed by atoms with Gasteiger partial charge in [-0.25, -0.2) is 17.9 Å². The first-order valence-electron chi connectivity index (χ1n) is 15.3. The van der Waals surface area contributed by atoms with Crippen LogP contribution in [0.2, 0.25) is 0 Å². The number of nitrogens with zero attached hydrogens (tertiary/aromatic N) is 2. The molecule has 1 heterocycles. The minimum absolute atomic E-state index is 0.00451. The molecule has 3 aliphatic rings. The molecule has 1 unspecified atom stereocenters. The van der Waals surface area contributed by atoms with Crippen LogP contribution in [0.4, 0.5) is 5.69 Å². The predicted octanol–water partition coefficient (Wildman–Crippen LogP) is 2.96. The van der Waals surface area contributed by atoms with Crippen LogP contribution in [0, 0.1) is 11.8 Å². The zero-order chi connectivity index (χ0) is 31.7. The summed E-state index contributed by atoms with van der Waals surface area (Å²) in [5, 5.41) is 5.20. The maximum atomic E-state index is 13.7. The molecule has 3 atom stereocenters. The first-order chi connectivity index (χ1) is 21.1. The Balaban J connectivity index is 1.66. The molecule has 44 heavy (non-hydrogen) atoms. The Bertz CT molecular complexity index is 1420. The second-order valence-electron chi connectivity index (χ2n) is 11.9. The van der Waals surface area contributed by atoms with E-state index in [1.807, 2.05) is 4.72 Å². The van der Waals surface area contributed by atoms with E-state index in [1.165, 1.54) is 35.3 Å². The molecule has 1 aromatic rings. The summed E-state index contributed by atoms with van der Waals surface area (Å²) >= 11 is 0. The van der Waals surface area contributed by atoms with Crippen LogP contribution in [0.1, 0.15) is 77.0 Å². The Hall–Kier alpha value is -3.83. The van der Waals surface area contributed by atoms with Crippen LogP contribution in [-0.4, -0.2) is 67.7 Å². The molecule has 4 amide bonds. The number of para-hydroxylation sites is 1. The van der Waals surface area contributed by atoms with E-state index in [4.69, 9.17) is 0 Å². The van der Waals surface area contributed by atoms with E-state index in [1.54, 1.807) is 6.07 Å². The number of hydrogen-bond donors (Lipinski definition) is 3. The highest BCUT2D eigenvalue weighted by Crippen LogP contribution is 2.50. The molecule has 2 saturated carbocycles. The number of sulfonamides is 1. The smallest absolute Gasteiger partial charge is 0.266 e. The summed E-state index contributed by atoms with van der Waals surface area (Å²) < 4.78 is 29.0. The Morgan fingerprint density at radius 2 is 1.66 bits per heavy atom. The van der Waals surface area contributed by atoms with Gasteiger partial charge in [-0.15, -0.1) is 6.58 Å². The third-order valence-corrected chi connectivity index (χ3v) is 10.2. The van der Waals surface area contributed by atoms with Crippen LogP contribution < -0.4 is 15.4 Å². The summed E-state index contributed by atoms with van der Waals surface area (Å²) in [4.78, 5) is 69.5. The van der Waals surface area contributed by atoms with Crippen molar-refractivity contribution in [2.75, 3.05) is 18.4 Å². The SMILES string of the molecule is C=C[C@@H]1C[C@]1(N=C=O)C1NC(=O)CN(CC2CCCC2)C(=O)CCCCCCCC(=O)Nc2ccccc2S(=O)(=O)NC1=O. The monoisotopic (exact) mass is 627 g/mol. The molecule has 0 spiro atoms. The van der Waals surface area contributed by atoms with Crippen molar-refractivity contribution >= 4 is 45.4 Å². The van der Waals surface area contributed by atoms with Crippen LogP contribution in [0.5, 0.6) is 0 Å². The molecule has 0 radical (unpaired) electrons. The molecular weight excluding hydrogens is 586 g/mol. The lowest BCUT2D eigenvalue weighted by Crippen LogP contribution is -2.57. The molecule has 4 rings (SSSR count). The second kappa shape index (κ2) is 14.8. The largest absolute Gasteiger partial charge is 0.341 e. The van der Waals surface area contributed by atoms with Crippen LogP contribution in [-0.2, 0) is 34.0 Å². The van der Waals surface area contributed by atoms with Gasteiger partial charge in [-0.2, -0.15) is 4.99 Å². The van der Waals surface area contributed by atoms with E-state index in [0.29, 0.717) is 19.4 Å². The number of amides is 4. The van der Waals surface area contributed by atoms with Gasteiger partial charge in [0.15, 0.2) is 0 Å². The van der Waals surface area contributed by atoms with Gasteiger partial charge in [0.05, 0.1) is 12.2 Å². The molecule has 238 valence electrons. The lowest BCUT2D eigenvalue weighted by molar-refractivity contribution is -0.137. The van der Waals surface area contributed by atoms with Crippen molar-refractivity contribution in [1.82, 2.24) is 14.9 Å². The van der Waals surface area contributed by atoms with E-state index in [9.17, 15) is 32.4 Å². The quantitative estimate of drug-likeness (QED) is 0.256. The molecule has 0 bridgehead atoms. The van der Waals surface area contributed by atoms with Crippen LogP contribution in [0.15, 0.2) is 46.8 Å². The van der Waals surface area contributed by atoms with Crippen molar-refractivity contribution in [1.29, 1.82) is 0 Å². The fourth-order valence-corrected chi connectivity index (χ4v) is 7.42. The number of anilines is 1.